The maximum Gasteiger partial charge on any atom is 0.188 e. The smallest absolute Gasteiger partial charge is 0.188 e. The largest absolute Gasteiger partial charge is 0.497 e. The summed E-state index contributed by atoms with van der Waals surface area (Å²) in [6.45, 7) is 6.97. The van der Waals surface area contributed by atoms with Crippen molar-refractivity contribution in [3.63, 3.8) is 0 Å². The number of piperazine rings is 1. The summed E-state index contributed by atoms with van der Waals surface area (Å²) < 4.78 is 5.23. The van der Waals surface area contributed by atoms with Crippen molar-refractivity contribution in [2.75, 3.05) is 57.8 Å². The van der Waals surface area contributed by atoms with Crippen molar-refractivity contribution >= 4 is 47.0 Å². The number of guanidine groups is 1. The summed E-state index contributed by atoms with van der Waals surface area (Å²) >= 11 is 1.78. The number of rotatable bonds is 9. The molecule has 8 heteroatoms. The van der Waals surface area contributed by atoms with Gasteiger partial charge in [-0.15, -0.1) is 35.3 Å². The zero-order chi connectivity index (χ0) is 19.6. The van der Waals surface area contributed by atoms with E-state index in [2.05, 4.69) is 49.8 Å². The summed E-state index contributed by atoms with van der Waals surface area (Å²) in [4.78, 5) is 10.8. The first-order chi connectivity index (χ1) is 13.7. The first-order valence-corrected chi connectivity index (χ1v) is 10.8. The summed E-state index contributed by atoms with van der Waals surface area (Å²) in [6.07, 6.45) is 2.03. The molecule has 160 valence electrons. The number of ether oxygens (including phenoxy) is 1. The molecule has 3 rings (SSSR count). The topological polar surface area (TPSA) is 66.1 Å². The highest BCUT2D eigenvalue weighted by Gasteiger charge is 2.16. The number of aliphatic imine (C=N–C) groups is 1. The monoisotopic (exact) mass is 529 g/mol. The molecule has 6 nitrogen and oxygen atoms in total. The zero-order valence-corrected chi connectivity index (χ0v) is 20.2. The van der Waals surface area contributed by atoms with Crippen LogP contribution in [0.5, 0.6) is 5.75 Å². The number of thiophene rings is 1. The Kier molecular flexibility index (Phi) is 10.6. The van der Waals surface area contributed by atoms with Gasteiger partial charge in [0, 0.05) is 56.4 Å². The second-order valence-electron chi connectivity index (χ2n) is 6.90. The maximum absolute atomic E-state index is 5.95. The fraction of sp³-hybridized carbons (Fsp3) is 0.476. The second-order valence-corrected chi connectivity index (χ2v) is 7.94. The molecule has 1 fully saturated rings. The standard InChI is InChI=1S/C21H31N5OS.HI/c1-27-19-7-5-18(6-8-19)26-15-13-25(14-16-26)12-3-10-23-21(22)24-11-9-20-4-2-17-28-20;/h2,4-8,17H,3,9-16H2,1H3,(H3,22,23,24);1H. The molecular weight excluding hydrogens is 497 g/mol. The molecule has 0 bridgehead atoms. The van der Waals surface area contributed by atoms with Crippen LogP contribution in [-0.2, 0) is 6.42 Å². The number of methoxy groups -OCH3 is 1. The minimum absolute atomic E-state index is 0. The van der Waals surface area contributed by atoms with E-state index in [1.165, 1.54) is 10.6 Å². The van der Waals surface area contributed by atoms with Crippen molar-refractivity contribution in [2.45, 2.75) is 12.8 Å². The molecule has 1 aliphatic rings. The van der Waals surface area contributed by atoms with Crippen LogP contribution in [0.25, 0.3) is 0 Å². The van der Waals surface area contributed by atoms with Gasteiger partial charge in [0.05, 0.1) is 7.11 Å². The predicted octanol–water partition coefficient (Wildman–Crippen LogP) is 3.03. The van der Waals surface area contributed by atoms with Gasteiger partial charge in [-0.05, 0) is 48.6 Å². The number of benzene rings is 1. The summed E-state index contributed by atoms with van der Waals surface area (Å²) in [5.41, 5.74) is 7.22. The lowest BCUT2D eigenvalue weighted by atomic mass is 10.2. The molecule has 1 aliphatic heterocycles. The summed E-state index contributed by atoms with van der Waals surface area (Å²) in [7, 11) is 1.70. The van der Waals surface area contributed by atoms with E-state index in [4.69, 9.17) is 10.5 Å². The minimum Gasteiger partial charge on any atom is -0.497 e. The van der Waals surface area contributed by atoms with Crippen LogP contribution in [0.3, 0.4) is 0 Å². The molecule has 0 saturated carbocycles. The van der Waals surface area contributed by atoms with Gasteiger partial charge in [0.1, 0.15) is 5.75 Å². The fourth-order valence-electron chi connectivity index (χ4n) is 3.34. The van der Waals surface area contributed by atoms with Gasteiger partial charge in [0.15, 0.2) is 5.96 Å². The van der Waals surface area contributed by atoms with Crippen molar-refractivity contribution in [1.29, 1.82) is 0 Å². The summed E-state index contributed by atoms with van der Waals surface area (Å²) in [5.74, 6) is 1.46. The average Bonchev–Trinajstić information content (AvgIpc) is 3.25. The highest BCUT2D eigenvalue weighted by atomic mass is 127. The summed E-state index contributed by atoms with van der Waals surface area (Å²) in [5, 5.41) is 5.30. The zero-order valence-electron chi connectivity index (χ0n) is 17.0. The first-order valence-electron chi connectivity index (χ1n) is 9.92. The van der Waals surface area contributed by atoms with Gasteiger partial charge in [-0.2, -0.15) is 0 Å². The van der Waals surface area contributed by atoms with Crippen molar-refractivity contribution in [2.24, 2.45) is 10.7 Å². The second kappa shape index (κ2) is 12.9. The molecule has 0 amide bonds. The minimum atomic E-state index is 0. The molecular formula is C21H32IN5OS. The van der Waals surface area contributed by atoms with Crippen LogP contribution in [0, 0.1) is 0 Å². The third-order valence-corrected chi connectivity index (χ3v) is 5.92. The van der Waals surface area contributed by atoms with Gasteiger partial charge in [0.2, 0.25) is 0 Å². The van der Waals surface area contributed by atoms with Crippen LogP contribution in [-0.4, -0.2) is 63.8 Å². The van der Waals surface area contributed by atoms with Gasteiger partial charge in [-0.1, -0.05) is 6.07 Å². The molecule has 1 saturated heterocycles. The molecule has 1 aromatic carbocycles. The van der Waals surface area contributed by atoms with Crippen molar-refractivity contribution < 1.29 is 4.74 Å². The van der Waals surface area contributed by atoms with Crippen LogP contribution >= 0.6 is 35.3 Å². The first kappa shape index (κ1) is 23.8. The Hall–Kier alpha value is -1.52. The van der Waals surface area contributed by atoms with E-state index in [1.54, 1.807) is 18.4 Å². The molecule has 0 spiro atoms. The van der Waals surface area contributed by atoms with Crippen molar-refractivity contribution in [3.05, 3.63) is 46.7 Å². The predicted molar refractivity (Wildman–Crippen MR) is 134 cm³/mol. The average molecular weight is 529 g/mol. The molecule has 1 aromatic heterocycles. The van der Waals surface area contributed by atoms with E-state index in [1.807, 2.05) is 12.1 Å². The lowest BCUT2D eigenvalue weighted by molar-refractivity contribution is 0.256. The normalized spacial score (nSPS) is 15.1. The maximum atomic E-state index is 5.95. The number of nitrogens with one attached hydrogen (secondary N) is 1. The molecule has 0 aliphatic carbocycles. The van der Waals surface area contributed by atoms with Crippen LogP contribution < -0.4 is 20.7 Å². The van der Waals surface area contributed by atoms with Crippen molar-refractivity contribution in [1.82, 2.24) is 10.2 Å². The quantitative estimate of drug-likeness (QED) is 0.226. The van der Waals surface area contributed by atoms with E-state index in [0.717, 1.165) is 64.4 Å². The van der Waals surface area contributed by atoms with Gasteiger partial charge < -0.3 is 20.7 Å². The van der Waals surface area contributed by atoms with Gasteiger partial charge >= 0.3 is 0 Å². The van der Waals surface area contributed by atoms with E-state index in [9.17, 15) is 0 Å². The number of halogens is 1. The molecule has 0 radical (unpaired) electrons. The number of nitrogens with two attached hydrogens (primary N) is 1. The highest BCUT2D eigenvalue weighted by Crippen LogP contribution is 2.20. The Balaban J connectivity index is 0.00000300. The molecule has 2 aromatic rings. The Morgan fingerprint density at radius 2 is 1.93 bits per heavy atom. The van der Waals surface area contributed by atoms with Crippen molar-refractivity contribution in [3.8, 4) is 5.75 Å². The Labute approximate surface area is 195 Å². The summed E-state index contributed by atoms with van der Waals surface area (Å²) in [6, 6.07) is 12.5. The van der Waals surface area contributed by atoms with E-state index >= 15 is 0 Å². The Morgan fingerprint density at radius 3 is 2.59 bits per heavy atom. The van der Waals surface area contributed by atoms with E-state index < -0.39 is 0 Å². The third-order valence-electron chi connectivity index (χ3n) is 4.98. The van der Waals surface area contributed by atoms with Gasteiger partial charge in [-0.25, -0.2) is 0 Å². The molecule has 2 heterocycles. The van der Waals surface area contributed by atoms with Gasteiger partial charge in [0.25, 0.3) is 0 Å². The van der Waals surface area contributed by atoms with Crippen LogP contribution in [0.4, 0.5) is 5.69 Å². The molecule has 0 unspecified atom stereocenters. The number of anilines is 1. The SMILES string of the molecule is COc1ccc(N2CCN(CCCN=C(N)NCCc3cccs3)CC2)cc1.I. The van der Waals surface area contributed by atoms with Crippen LogP contribution in [0.2, 0.25) is 0 Å². The Bertz CT molecular complexity index is 715. The lowest BCUT2D eigenvalue weighted by Gasteiger charge is -2.36. The van der Waals surface area contributed by atoms with E-state index in [0.29, 0.717) is 5.96 Å². The third kappa shape index (κ3) is 8.02. The highest BCUT2D eigenvalue weighted by molar-refractivity contribution is 14.0. The molecule has 3 N–H and O–H groups in total. The molecule has 29 heavy (non-hydrogen) atoms. The fourth-order valence-corrected chi connectivity index (χ4v) is 4.05. The number of nitrogens with zero attached hydrogens (tertiary/aromatic N) is 3. The molecule has 0 atom stereocenters. The Morgan fingerprint density at radius 1 is 1.17 bits per heavy atom. The lowest BCUT2D eigenvalue weighted by Crippen LogP contribution is -2.46. The van der Waals surface area contributed by atoms with Crippen LogP contribution in [0.1, 0.15) is 11.3 Å². The van der Waals surface area contributed by atoms with Gasteiger partial charge in [-0.3, -0.25) is 9.89 Å². The number of hydrogen-bond donors (Lipinski definition) is 2. The van der Waals surface area contributed by atoms with Crippen LogP contribution in [0.15, 0.2) is 46.8 Å². The number of hydrogen-bond acceptors (Lipinski definition) is 5. The van der Waals surface area contributed by atoms with E-state index in [-0.39, 0.29) is 24.0 Å².